The molecule has 0 aromatic carbocycles. The van der Waals surface area contributed by atoms with E-state index in [9.17, 15) is 4.79 Å². The molecule has 2 fully saturated rings. The lowest BCUT2D eigenvalue weighted by Crippen LogP contribution is -2.35. The highest BCUT2D eigenvalue weighted by atomic mass is 32.1. The second-order valence-corrected chi connectivity index (χ2v) is 6.17. The first-order chi connectivity index (χ1) is 8.74. The fourth-order valence-electron chi connectivity index (χ4n) is 2.23. The number of amides is 1. The summed E-state index contributed by atoms with van der Waals surface area (Å²) in [4.78, 5) is 18.7. The lowest BCUT2D eigenvalue weighted by Gasteiger charge is -2.20. The molecule has 1 aliphatic carbocycles. The first-order valence-electron chi connectivity index (χ1n) is 6.56. The maximum Gasteiger partial charge on any atom is 0.273 e. The van der Waals surface area contributed by atoms with Gasteiger partial charge < -0.3 is 9.64 Å². The Balaban J connectivity index is 1.71. The molecule has 1 aliphatic heterocycles. The van der Waals surface area contributed by atoms with Crippen LogP contribution in [0.4, 0.5) is 0 Å². The summed E-state index contributed by atoms with van der Waals surface area (Å²) in [6.07, 6.45) is 2.46. The van der Waals surface area contributed by atoms with E-state index in [1.807, 2.05) is 10.3 Å². The van der Waals surface area contributed by atoms with Crippen molar-refractivity contribution in [3.63, 3.8) is 0 Å². The number of rotatable bonds is 2. The second kappa shape index (κ2) is 4.97. The number of ether oxygens (including phenoxy) is 1. The van der Waals surface area contributed by atoms with Crippen molar-refractivity contribution in [2.24, 2.45) is 5.92 Å². The molecule has 1 saturated carbocycles. The molecule has 0 N–H and O–H groups in total. The van der Waals surface area contributed by atoms with Crippen molar-refractivity contribution in [1.29, 1.82) is 0 Å². The van der Waals surface area contributed by atoms with Crippen LogP contribution >= 0.6 is 11.3 Å². The molecule has 1 aromatic rings. The Hall–Kier alpha value is -0.940. The van der Waals surface area contributed by atoms with Crippen molar-refractivity contribution in [3.8, 4) is 0 Å². The Morgan fingerprint density at radius 1 is 1.56 bits per heavy atom. The Kier molecular flexibility index (Phi) is 3.35. The topological polar surface area (TPSA) is 42.4 Å². The number of carbonyl (C=O) groups is 1. The van der Waals surface area contributed by atoms with Gasteiger partial charge >= 0.3 is 0 Å². The summed E-state index contributed by atoms with van der Waals surface area (Å²) < 4.78 is 5.46. The van der Waals surface area contributed by atoms with E-state index in [1.54, 1.807) is 11.3 Å². The van der Waals surface area contributed by atoms with E-state index in [4.69, 9.17) is 4.74 Å². The van der Waals surface area contributed by atoms with E-state index in [0.717, 1.165) is 18.2 Å². The van der Waals surface area contributed by atoms with Crippen LogP contribution in [0.25, 0.3) is 0 Å². The summed E-state index contributed by atoms with van der Waals surface area (Å²) in [6.45, 7) is 4.95. The van der Waals surface area contributed by atoms with Gasteiger partial charge in [0.2, 0.25) is 0 Å². The van der Waals surface area contributed by atoms with Gasteiger partial charge in [-0.1, -0.05) is 6.92 Å². The minimum atomic E-state index is 0.0653. The number of hydrogen-bond acceptors (Lipinski definition) is 4. The fourth-order valence-corrected chi connectivity index (χ4v) is 3.19. The van der Waals surface area contributed by atoms with Gasteiger partial charge in [-0.15, -0.1) is 11.3 Å². The maximum absolute atomic E-state index is 12.4. The Labute approximate surface area is 111 Å². The third kappa shape index (κ3) is 2.57. The summed E-state index contributed by atoms with van der Waals surface area (Å²) in [5.41, 5.74) is 0.621. The smallest absolute Gasteiger partial charge is 0.273 e. The molecule has 2 heterocycles. The third-order valence-corrected chi connectivity index (χ3v) is 4.40. The van der Waals surface area contributed by atoms with E-state index in [1.165, 1.54) is 12.8 Å². The zero-order valence-corrected chi connectivity index (χ0v) is 11.4. The van der Waals surface area contributed by atoms with Crippen LogP contribution in [0.15, 0.2) is 5.38 Å². The van der Waals surface area contributed by atoms with Crippen molar-refractivity contribution in [3.05, 3.63) is 16.1 Å². The molecule has 0 radical (unpaired) electrons. The zero-order chi connectivity index (χ0) is 12.5. The number of carbonyl (C=O) groups excluding carboxylic acids is 1. The zero-order valence-electron chi connectivity index (χ0n) is 10.6. The van der Waals surface area contributed by atoms with Gasteiger partial charge in [-0.05, 0) is 18.8 Å². The normalized spacial score (nSPS) is 24.9. The highest BCUT2D eigenvalue weighted by Gasteiger charge is 2.29. The van der Waals surface area contributed by atoms with Crippen molar-refractivity contribution in [2.45, 2.75) is 25.7 Å². The van der Waals surface area contributed by atoms with Crippen LogP contribution in [0.5, 0.6) is 0 Å². The molecule has 5 heteroatoms. The number of nitrogens with zero attached hydrogens (tertiary/aromatic N) is 2. The van der Waals surface area contributed by atoms with Gasteiger partial charge in [-0.2, -0.15) is 0 Å². The summed E-state index contributed by atoms with van der Waals surface area (Å²) in [7, 11) is 0. The van der Waals surface area contributed by atoms with Crippen LogP contribution in [0.3, 0.4) is 0 Å². The highest BCUT2D eigenvalue weighted by molar-refractivity contribution is 7.10. The molecule has 2 aliphatic rings. The molecule has 0 spiro atoms. The Morgan fingerprint density at radius 3 is 3.17 bits per heavy atom. The van der Waals surface area contributed by atoms with E-state index in [-0.39, 0.29) is 5.91 Å². The summed E-state index contributed by atoms with van der Waals surface area (Å²) in [5.74, 6) is 1.09. The van der Waals surface area contributed by atoms with Crippen LogP contribution < -0.4 is 0 Å². The van der Waals surface area contributed by atoms with E-state index >= 15 is 0 Å². The van der Waals surface area contributed by atoms with E-state index in [0.29, 0.717) is 30.7 Å². The van der Waals surface area contributed by atoms with Crippen molar-refractivity contribution < 1.29 is 9.53 Å². The second-order valence-electron chi connectivity index (χ2n) is 5.28. The van der Waals surface area contributed by atoms with Gasteiger partial charge in [-0.3, -0.25) is 4.79 Å². The van der Waals surface area contributed by atoms with Crippen LogP contribution in [0, 0.1) is 5.92 Å². The number of hydrogen-bond donors (Lipinski definition) is 0. The predicted molar refractivity (Wildman–Crippen MR) is 70.0 cm³/mol. The fraction of sp³-hybridized carbons (Fsp3) is 0.692. The average Bonchev–Trinajstić information content (AvgIpc) is 3.13. The van der Waals surface area contributed by atoms with Gasteiger partial charge in [0.15, 0.2) is 0 Å². The summed E-state index contributed by atoms with van der Waals surface area (Å²) in [6, 6.07) is 0. The maximum atomic E-state index is 12.4. The van der Waals surface area contributed by atoms with Crippen LogP contribution in [0.2, 0.25) is 0 Å². The minimum Gasteiger partial charge on any atom is -0.379 e. The quantitative estimate of drug-likeness (QED) is 0.823. The molecule has 1 unspecified atom stereocenters. The standard InChI is InChI=1S/C13H18N2O2S/c1-9-6-15(4-5-17-7-9)13(16)11-8-18-12(14-11)10-2-3-10/h8-10H,2-7H2,1H3. The molecule has 1 atom stereocenters. The molecule has 1 aromatic heterocycles. The van der Waals surface area contributed by atoms with Gasteiger partial charge in [0.1, 0.15) is 5.69 Å². The number of aromatic nitrogens is 1. The molecule has 1 amide bonds. The van der Waals surface area contributed by atoms with Gasteiger partial charge in [-0.25, -0.2) is 4.98 Å². The van der Waals surface area contributed by atoms with Gasteiger partial charge in [0, 0.05) is 24.4 Å². The molecule has 18 heavy (non-hydrogen) atoms. The largest absolute Gasteiger partial charge is 0.379 e. The average molecular weight is 266 g/mol. The Morgan fingerprint density at radius 2 is 2.39 bits per heavy atom. The van der Waals surface area contributed by atoms with Gasteiger partial charge in [0.05, 0.1) is 18.2 Å². The lowest BCUT2D eigenvalue weighted by atomic mass is 10.2. The molecular weight excluding hydrogens is 248 g/mol. The first-order valence-corrected chi connectivity index (χ1v) is 7.44. The summed E-state index contributed by atoms with van der Waals surface area (Å²) >= 11 is 1.63. The predicted octanol–water partition coefficient (Wildman–Crippen LogP) is 2.13. The highest BCUT2D eigenvalue weighted by Crippen LogP contribution is 2.41. The third-order valence-electron chi connectivity index (χ3n) is 3.39. The number of thiazole rings is 1. The molecular formula is C13H18N2O2S. The minimum absolute atomic E-state index is 0.0653. The van der Waals surface area contributed by atoms with Crippen LogP contribution in [-0.4, -0.2) is 42.1 Å². The SMILES string of the molecule is CC1COCCN(C(=O)c2csc(C3CC3)n2)C1. The molecule has 0 bridgehead atoms. The molecule has 3 rings (SSSR count). The van der Waals surface area contributed by atoms with Crippen LogP contribution in [0.1, 0.15) is 41.2 Å². The molecule has 4 nitrogen and oxygen atoms in total. The van der Waals surface area contributed by atoms with E-state index < -0.39 is 0 Å². The Bertz CT molecular complexity index is 442. The monoisotopic (exact) mass is 266 g/mol. The van der Waals surface area contributed by atoms with Crippen LogP contribution in [-0.2, 0) is 4.74 Å². The molecule has 1 saturated heterocycles. The van der Waals surface area contributed by atoms with Crippen molar-refractivity contribution in [2.75, 3.05) is 26.3 Å². The van der Waals surface area contributed by atoms with Crippen molar-refractivity contribution in [1.82, 2.24) is 9.88 Å². The van der Waals surface area contributed by atoms with E-state index in [2.05, 4.69) is 11.9 Å². The summed E-state index contributed by atoms with van der Waals surface area (Å²) in [5, 5.41) is 3.05. The lowest BCUT2D eigenvalue weighted by molar-refractivity contribution is 0.0733. The molecule has 98 valence electrons. The van der Waals surface area contributed by atoms with Crippen molar-refractivity contribution >= 4 is 17.2 Å². The first kappa shape index (κ1) is 12.1. The van der Waals surface area contributed by atoms with Gasteiger partial charge in [0.25, 0.3) is 5.91 Å².